The van der Waals surface area contributed by atoms with Crippen LogP contribution in [0.4, 0.5) is 4.79 Å². The Morgan fingerprint density at radius 3 is 1.88 bits per heavy atom. The lowest BCUT2D eigenvalue weighted by Gasteiger charge is -1.98. The molecule has 0 saturated heterocycles. The lowest BCUT2D eigenvalue weighted by Crippen LogP contribution is -2.05. The van der Waals surface area contributed by atoms with Gasteiger partial charge in [-0.15, -0.1) is 0 Å². The summed E-state index contributed by atoms with van der Waals surface area (Å²) in [5.41, 5.74) is 0. The molecule has 0 saturated carbocycles. The minimum Gasteiger partial charge on any atom is -0.435 e. The lowest BCUT2D eigenvalue weighted by molar-refractivity contribution is 0.0630. The third-order valence-electron chi connectivity index (χ3n) is 0.524. The van der Waals surface area contributed by atoms with Crippen LogP contribution in [0.3, 0.4) is 0 Å². The van der Waals surface area contributed by atoms with Gasteiger partial charge in [0, 0.05) is 0 Å². The molecule has 0 heterocycles. The number of hydrogen-bond acceptors (Lipinski definition) is 3. The summed E-state index contributed by atoms with van der Waals surface area (Å²) in [5.74, 6) is 0. The summed E-state index contributed by atoms with van der Waals surface area (Å²) in [5, 5.41) is 0. The van der Waals surface area contributed by atoms with Crippen molar-refractivity contribution in [3.05, 3.63) is 0 Å². The maximum Gasteiger partial charge on any atom is 0.508 e. The van der Waals surface area contributed by atoms with E-state index in [2.05, 4.69) is 9.47 Å². The first-order valence-corrected chi connectivity index (χ1v) is 2.60. The first kappa shape index (κ1) is 7.27. The Labute approximate surface area is 48.6 Å². The molecule has 0 spiro atoms. The van der Waals surface area contributed by atoms with Crippen molar-refractivity contribution in [1.29, 1.82) is 0 Å². The first-order valence-electron chi connectivity index (χ1n) is 2.60. The number of carbonyl (C=O) groups excluding carboxylic acids is 1. The van der Waals surface area contributed by atoms with Crippen LogP contribution in [0.25, 0.3) is 0 Å². The van der Waals surface area contributed by atoms with Crippen LogP contribution in [0.2, 0.25) is 0 Å². The predicted octanol–water partition coefficient (Wildman–Crippen LogP) is 1.18. The van der Waals surface area contributed by atoms with Crippen molar-refractivity contribution in [3.8, 4) is 0 Å². The summed E-state index contributed by atoms with van der Waals surface area (Å²) >= 11 is 0. The molecule has 0 rings (SSSR count). The van der Waals surface area contributed by atoms with E-state index >= 15 is 0 Å². The fourth-order valence-electron chi connectivity index (χ4n) is 0.277. The monoisotopic (exact) mass is 119 g/mol. The van der Waals surface area contributed by atoms with Crippen LogP contribution < -0.4 is 0 Å². The first-order chi connectivity index (χ1) is 3.81. The maximum absolute atomic E-state index is 10.2. The van der Waals surface area contributed by atoms with E-state index in [1.54, 1.807) is 13.8 Å². The quantitative estimate of drug-likeness (QED) is 0.404. The van der Waals surface area contributed by atoms with Crippen LogP contribution in [-0.2, 0) is 9.47 Å². The molecule has 0 aromatic heterocycles. The third kappa shape index (κ3) is 3.46. The van der Waals surface area contributed by atoms with E-state index in [-0.39, 0.29) is 0 Å². The van der Waals surface area contributed by atoms with Crippen LogP contribution in [-0.4, -0.2) is 19.4 Å². The summed E-state index contributed by atoms with van der Waals surface area (Å²) < 4.78 is 8.84. The molecule has 0 amide bonds. The molecular weight excluding hydrogens is 109 g/mol. The standard InChI is InChI=1S/C5H10O3/c1-3-7-5(6)8-4-2/h3-4H2,1-2H3/i5+1. The van der Waals surface area contributed by atoms with Crippen LogP contribution in [0.5, 0.6) is 0 Å². The van der Waals surface area contributed by atoms with Gasteiger partial charge in [0.2, 0.25) is 0 Å². The molecule has 0 atom stereocenters. The molecule has 0 N–H and O–H groups in total. The van der Waals surface area contributed by atoms with Gasteiger partial charge in [-0.05, 0) is 13.8 Å². The molecule has 3 heteroatoms. The molecule has 0 unspecified atom stereocenters. The van der Waals surface area contributed by atoms with Gasteiger partial charge in [-0.1, -0.05) is 0 Å². The zero-order chi connectivity index (χ0) is 6.41. The highest BCUT2D eigenvalue weighted by molar-refractivity contribution is 5.59. The van der Waals surface area contributed by atoms with Crippen molar-refractivity contribution in [2.45, 2.75) is 13.8 Å². The van der Waals surface area contributed by atoms with Crippen molar-refractivity contribution >= 4 is 6.16 Å². The van der Waals surface area contributed by atoms with Gasteiger partial charge in [-0.25, -0.2) is 4.79 Å². The highest BCUT2D eigenvalue weighted by Crippen LogP contribution is 1.81. The van der Waals surface area contributed by atoms with Crippen molar-refractivity contribution in [1.82, 2.24) is 0 Å². The molecule has 0 aliphatic heterocycles. The average Bonchev–Trinajstić information content (AvgIpc) is 1.68. The number of rotatable bonds is 2. The van der Waals surface area contributed by atoms with E-state index in [1.807, 2.05) is 0 Å². The van der Waals surface area contributed by atoms with Crippen LogP contribution in [0, 0.1) is 0 Å². The van der Waals surface area contributed by atoms with Gasteiger partial charge < -0.3 is 9.47 Å². The summed E-state index contributed by atoms with van der Waals surface area (Å²) in [6.07, 6.45) is -0.588. The summed E-state index contributed by atoms with van der Waals surface area (Å²) in [7, 11) is 0. The van der Waals surface area contributed by atoms with Crippen molar-refractivity contribution in [2.24, 2.45) is 0 Å². The van der Waals surface area contributed by atoms with E-state index in [0.29, 0.717) is 13.2 Å². The Morgan fingerprint density at radius 2 is 1.62 bits per heavy atom. The van der Waals surface area contributed by atoms with Gasteiger partial charge in [0.05, 0.1) is 13.2 Å². The second kappa shape index (κ2) is 4.43. The average molecular weight is 119 g/mol. The van der Waals surface area contributed by atoms with Gasteiger partial charge in [0.15, 0.2) is 0 Å². The predicted molar refractivity (Wildman–Crippen MR) is 28.6 cm³/mol. The Balaban J connectivity index is 3.06. The molecule has 0 bridgehead atoms. The third-order valence-corrected chi connectivity index (χ3v) is 0.524. The summed E-state index contributed by atoms with van der Waals surface area (Å²) in [4.78, 5) is 10.2. The number of hydrogen-bond donors (Lipinski definition) is 0. The van der Waals surface area contributed by atoms with Crippen molar-refractivity contribution in [2.75, 3.05) is 13.2 Å². The SMILES string of the molecule is CCO[13C](=O)OCC. The molecule has 3 nitrogen and oxygen atoms in total. The minimum atomic E-state index is -0.588. The van der Waals surface area contributed by atoms with E-state index in [0.717, 1.165) is 0 Å². The van der Waals surface area contributed by atoms with Gasteiger partial charge in [-0.3, -0.25) is 0 Å². The van der Waals surface area contributed by atoms with Crippen LogP contribution in [0.15, 0.2) is 0 Å². The van der Waals surface area contributed by atoms with Crippen LogP contribution in [0.1, 0.15) is 13.8 Å². The Kier molecular flexibility index (Phi) is 4.03. The van der Waals surface area contributed by atoms with Crippen LogP contribution >= 0.6 is 0 Å². The number of carbonyl (C=O) groups is 1. The zero-order valence-corrected chi connectivity index (χ0v) is 5.14. The second-order valence-electron chi connectivity index (χ2n) is 1.12. The smallest absolute Gasteiger partial charge is 0.435 e. The highest BCUT2D eigenvalue weighted by atomic mass is 16.8. The second-order valence-corrected chi connectivity index (χ2v) is 1.12. The molecule has 8 heavy (non-hydrogen) atoms. The molecule has 0 aliphatic carbocycles. The van der Waals surface area contributed by atoms with E-state index in [9.17, 15) is 4.79 Å². The Hall–Kier alpha value is -0.730. The molecule has 48 valence electrons. The minimum absolute atomic E-state index is 0.374. The highest BCUT2D eigenvalue weighted by Gasteiger charge is 1.96. The van der Waals surface area contributed by atoms with E-state index < -0.39 is 6.16 Å². The Morgan fingerprint density at radius 1 is 1.25 bits per heavy atom. The van der Waals surface area contributed by atoms with E-state index in [4.69, 9.17) is 0 Å². The molecule has 0 aliphatic rings. The van der Waals surface area contributed by atoms with E-state index in [1.165, 1.54) is 0 Å². The molecular formula is C5H10O3. The topological polar surface area (TPSA) is 35.5 Å². The fraction of sp³-hybridized carbons (Fsp3) is 0.800. The molecule has 0 aromatic carbocycles. The van der Waals surface area contributed by atoms with Crippen molar-refractivity contribution in [3.63, 3.8) is 0 Å². The van der Waals surface area contributed by atoms with Gasteiger partial charge in [0.1, 0.15) is 0 Å². The molecule has 0 fully saturated rings. The lowest BCUT2D eigenvalue weighted by atomic mass is 10.9. The summed E-state index contributed by atoms with van der Waals surface area (Å²) in [6, 6.07) is 0. The molecule has 0 aromatic rings. The van der Waals surface area contributed by atoms with Gasteiger partial charge in [0.25, 0.3) is 0 Å². The van der Waals surface area contributed by atoms with Crippen molar-refractivity contribution < 1.29 is 14.3 Å². The molecule has 0 radical (unpaired) electrons. The fourth-order valence-corrected chi connectivity index (χ4v) is 0.277. The van der Waals surface area contributed by atoms with Gasteiger partial charge in [-0.2, -0.15) is 0 Å². The zero-order valence-electron chi connectivity index (χ0n) is 5.14. The Bertz CT molecular complexity index is 62.1. The largest absolute Gasteiger partial charge is 0.508 e. The van der Waals surface area contributed by atoms with Gasteiger partial charge >= 0.3 is 6.16 Å². The maximum atomic E-state index is 10.2. The summed E-state index contributed by atoms with van der Waals surface area (Å²) in [6.45, 7) is 4.21. The normalized spacial score (nSPS) is 8.25. The number of ether oxygens (including phenoxy) is 2.